The summed E-state index contributed by atoms with van der Waals surface area (Å²) in [6.45, 7) is 12.6. The Labute approximate surface area is 421 Å². The van der Waals surface area contributed by atoms with E-state index in [1.165, 1.54) is 26.2 Å². The number of hydrogen-bond donors (Lipinski definition) is 2. The molecule has 3 aliphatic heterocycles. The van der Waals surface area contributed by atoms with Gasteiger partial charge in [0.2, 0.25) is 5.79 Å². The second-order valence-corrected chi connectivity index (χ2v) is 20.6. The number of carbonyl (C=O) groups is 6. The summed E-state index contributed by atoms with van der Waals surface area (Å²) in [5, 5.41) is 24.5. The van der Waals surface area contributed by atoms with E-state index in [0.717, 1.165) is 10.6 Å². The fourth-order valence-electron chi connectivity index (χ4n) is 10.5. The highest BCUT2D eigenvalue weighted by Gasteiger charge is 2.53. The molecule has 0 aromatic carbocycles. The van der Waals surface area contributed by atoms with E-state index in [-0.39, 0.29) is 42.8 Å². The molecule has 3 heterocycles. The van der Waals surface area contributed by atoms with Crippen LogP contribution in [0.15, 0.2) is 47.6 Å². The predicted molar refractivity (Wildman–Crippen MR) is 264 cm³/mol. The number of carbonyl (C=O) groups excluding carboxylic acids is 6. The number of ketones is 3. The number of hydroxylamine groups is 2. The maximum absolute atomic E-state index is 14.5. The minimum Gasteiger partial charge on any atom is -0.460 e. The number of cyclic esters (lactones) is 1. The van der Waals surface area contributed by atoms with Gasteiger partial charge in [-0.05, 0) is 107 Å². The number of aliphatic hydroxyl groups is 2. The first-order chi connectivity index (χ1) is 33.6. The van der Waals surface area contributed by atoms with Crippen molar-refractivity contribution >= 4 is 35.3 Å². The average Bonchev–Trinajstić information content (AvgIpc) is 3.35. The lowest BCUT2D eigenvalue weighted by atomic mass is 9.78. The van der Waals surface area contributed by atoms with Gasteiger partial charge in [0.15, 0.2) is 5.78 Å². The van der Waals surface area contributed by atoms with Crippen LogP contribution >= 0.6 is 0 Å². The smallest absolute Gasteiger partial charge is 0.434 e. The molecule has 71 heavy (non-hydrogen) atoms. The number of nitrogens with zero attached hydrogens (tertiary/aromatic N) is 2. The molecule has 1 aliphatic carbocycles. The molecule has 1 saturated carbocycles. The van der Waals surface area contributed by atoms with E-state index in [4.69, 9.17) is 33.3 Å². The number of rotatable bonds is 8. The first-order valence-corrected chi connectivity index (χ1v) is 25.6. The largest absolute Gasteiger partial charge is 0.460 e. The highest BCUT2D eigenvalue weighted by atomic mass is 16.7. The number of piperidine rings is 1. The quantitative estimate of drug-likeness (QED) is 0.111. The van der Waals surface area contributed by atoms with Crippen molar-refractivity contribution in [1.29, 1.82) is 0 Å². The van der Waals surface area contributed by atoms with E-state index in [2.05, 4.69) is 0 Å². The highest BCUT2D eigenvalue weighted by molar-refractivity contribution is 6.39. The van der Waals surface area contributed by atoms with Gasteiger partial charge in [-0.3, -0.25) is 24.0 Å². The third-order valence-electron chi connectivity index (χ3n) is 15.2. The summed E-state index contributed by atoms with van der Waals surface area (Å²) in [4.78, 5) is 89.8. The van der Waals surface area contributed by atoms with Crippen LogP contribution in [-0.4, -0.2) is 152 Å². The number of aliphatic hydroxyl groups excluding tert-OH is 1. The number of methoxy groups -OCH3 is 3. The predicted octanol–water partition coefficient (Wildman–Crippen LogP) is 6.82. The molecule has 400 valence electrons. The molecular weight excluding hydrogens is 917 g/mol. The zero-order chi connectivity index (χ0) is 52.7. The molecule has 17 heteroatoms. The molecule has 2 N–H and O–H groups in total. The third-order valence-corrected chi connectivity index (χ3v) is 15.2. The highest BCUT2D eigenvalue weighted by Crippen LogP contribution is 2.38. The van der Waals surface area contributed by atoms with Crippen LogP contribution in [0, 0.1) is 35.5 Å². The summed E-state index contributed by atoms with van der Waals surface area (Å²) in [6, 6.07) is -1.18. The van der Waals surface area contributed by atoms with Crippen molar-refractivity contribution in [2.75, 3.05) is 42.0 Å². The Balaban J connectivity index is 1.69. The van der Waals surface area contributed by atoms with Gasteiger partial charge in [-0.25, -0.2) is 9.59 Å². The molecule has 2 unspecified atom stereocenters. The van der Waals surface area contributed by atoms with Crippen molar-refractivity contribution < 1.29 is 72.2 Å². The van der Waals surface area contributed by atoms with Gasteiger partial charge in [0.05, 0.1) is 25.4 Å². The van der Waals surface area contributed by atoms with Crippen LogP contribution in [0.4, 0.5) is 4.79 Å². The Kier molecular flexibility index (Phi) is 23.3. The van der Waals surface area contributed by atoms with Crippen LogP contribution in [0.25, 0.3) is 0 Å². The van der Waals surface area contributed by atoms with Gasteiger partial charge >= 0.3 is 12.1 Å². The molecule has 2 bridgehead atoms. The number of Topliss-reactive ketones (excluding diaryl/α,β-unsaturated/α-hetero) is 3. The van der Waals surface area contributed by atoms with E-state index >= 15 is 0 Å². The molecule has 17 nitrogen and oxygen atoms in total. The van der Waals surface area contributed by atoms with Crippen LogP contribution in [0.1, 0.15) is 126 Å². The number of allylic oxidation sites excluding steroid dienone is 6. The van der Waals surface area contributed by atoms with E-state index in [1.54, 1.807) is 48.0 Å². The van der Waals surface area contributed by atoms with Crippen LogP contribution in [0.2, 0.25) is 0 Å². The standard InChI is InChI=1S/C54H84N2O15/c1-32-18-14-13-15-19-33(2)44(65-9)30-40-23-21-38(7)54(64,71-40)50(60)51(61)56-25-17-16-20-41(56)52(62)69-45(31-42(57)34(3)27-37(6)48(59)49(67-11)47(58)36(5)26-32)35(4)28-39-22-24-43(46(29-39)66-10)70-53(63)55(8)68-12/h13-15,18-19,27,32,34-36,38-41,43-46,48-49,59,64H,16-17,20-26,28-31H2,1-12H3/b15-13+,18-14+,33-19+,37-27+/t32-,34-,35-,36?,38-,39+,40+,41+,43-,44+,45+,46-,48-,49?,54-/m1/s1. The van der Waals surface area contributed by atoms with Gasteiger partial charge < -0.3 is 43.5 Å². The molecule has 0 spiro atoms. The van der Waals surface area contributed by atoms with E-state index in [0.29, 0.717) is 69.8 Å². The summed E-state index contributed by atoms with van der Waals surface area (Å²) in [5.74, 6) is -8.34. The molecule has 0 aromatic heterocycles. The van der Waals surface area contributed by atoms with Crippen molar-refractivity contribution in [2.24, 2.45) is 35.5 Å². The minimum atomic E-state index is -2.45. The third kappa shape index (κ3) is 15.9. The van der Waals surface area contributed by atoms with Crippen molar-refractivity contribution in [1.82, 2.24) is 9.96 Å². The van der Waals surface area contributed by atoms with Crippen molar-refractivity contribution in [2.45, 2.75) is 180 Å². The lowest BCUT2D eigenvalue weighted by molar-refractivity contribution is -0.265. The molecule has 4 rings (SSSR count). The number of hydrogen-bond acceptors (Lipinski definition) is 15. The van der Waals surface area contributed by atoms with Gasteiger partial charge in [0, 0.05) is 65.5 Å². The minimum absolute atomic E-state index is 0.00393. The van der Waals surface area contributed by atoms with Crippen LogP contribution in [0.5, 0.6) is 0 Å². The Hall–Kier alpha value is -4.10. The van der Waals surface area contributed by atoms with E-state index in [1.807, 2.05) is 51.2 Å². The molecular formula is C54H84N2O15. The normalized spacial score (nSPS) is 37.9. The van der Waals surface area contributed by atoms with E-state index < -0.39 is 102 Å². The summed E-state index contributed by atoms with van der Waals surface area (Å²) >= 11 is 0. The van der Waals surface area contributed by atoms with E-state index in [9.17, 15) is 39.0 Å². The van der Waals surface area contributed by atoms with Gasteiger partial charge in [-0.1, -0.05) is 71.1 Å². The zero-order valence-electron chi connectivity index (χ0n) is 44.3. The second-order valence-electron chi connectivity index (χ2n) is 20.6. The van der Waals surface area contributed by atoms with Gasteiger partial charge in [-0.15, -0.1) is 0 Å². The fourth-order valence-corrected chi connectivity index (χ4v) is 10.5. The first-order valence-electron chi connectivity index (χ1n) is 25.6. The zero-order valence-corrected chi connectivity index (χ0v) is 44.3. The first kappa shape index (κ1) is 59.5. The molecule has 15 atom stereocenters. The summed E-state index contributed by atoms with van der Waals surface area (Å²) in [5.41, 5.74) is 1.24. The maximum Gasteiger partial charge on any atom is 0.434 e. The number of ether oxygens (including phenoxy) is 6. The van der Waals surface area contributed by atoms with Gasteiger partial charge in [0.1, 0.15) is 36.2 Å². The second kappa shape index (κ2) is 27.8. The lowest BCUT2D eigenvalue weighted by Crippen LogP contribution is -2.61. The molecule has 2 saturated heterocycles. The monoisotopic (exact) mass is 1000 g/mol. The summed E-state index contributed by atoms with van der Waals surface area (Å²) < 4.78 is 35.4. The molecule has 2 amide bonds. The maximum atomic E-state index is 14.5. The Morgan fingerprint density at radius 2 is 1.59 bits per heavy atom. The number of amides is 2. The SMILES string of the molecule is COC1C(=O)C(C)C[C@H](C)/C=C/C=C/C=C(\C)[C@@H](OC)C[C@@H]2CC[C@@H](C)[C@@](O)(O2)C(=O)C(=O)N2CCCC[C@H]2C(=O)O[C@H]([C@H](C)C[C@@H]2CC[C@@H](OC(=O)N(C)OC)[C@H](OC)C2)CC(=O)[C@H](C)/C=C(\C)[C@H]1O. The van der Waals surface area contributed by atoms with Gasteiger partial charge in [-0.2, -0.15) is 5.06 Å². The Morgan fingerprint density at radius 1 is 0.873 bits per heavy atom. The molecule has 3 fully saturated rings. The van der Waals surface area contributed by atoms with Crippen LogP contribution < -0.4 is 0 Å². The number of esters is 1. The lowest BCUT2D eigenvalue weighted by Gasteiger charge is -2.42. The molecule has 0 aromatic rings. The van der Waals surface area contributed by atoms with Gasteiger partial charge in [0.25, 0.3) is 11.7 Å². The van der Waals surface area contributed by atoms with Crippen molar-refractivity contribution in [3.05, 3.63) is 47.6 Å². The fraction of sp³-hybridized carbons (Fsp3) is 0.741. The van der Waals surface area contributed by atoms with Crippen molar-refractivity contribution in [3.8, 4) is 0 Å². The average molecular weight is 1000 g/mol. The van der Waals surface area contributed by atoms with Crippen LogP contribution in [0.3, 0.4) is 0 Å². The van der Waals surface area contributed by atoms with Crippen LogP contribution in [-0.2, 0) is 57.2 Å². The summed E-state index contributed by atoms with van der Waals surface area (Å²) in [7, 11) is 7.30. The number of fused-ring (bicyclic) bond motifs is 3. The molecule has 0 radical (unpaired) electrons. The Morgan fingerprint density at radius 3 is 2.25 bits per heavy atom. The Bertz CT molecular complexity index is 1950. The molecule has 4 aliphatic rings. The summed E-state index contributed by atoms with van der Waals surface area (Å²) in [6.07, 6.45) is 9.88. The van der Waals surface area contributed by atoms with Crippen molar-refractivity contribution in [3.63, 3.8) is 0 Å². The topological polar surface area (TPSA) is 214 Å².